The van der Waals surface area contributed by atoms with Crippen LogP contribution in [0, 0.1) is 0 Å². The highest BCUT2D eigenvalue weighted by atomic mass is 16.4. The molecule has 0 amide bonds. The Morgan fingerprint density at radius 2 is 2.00 bits per heavy atom. The van der Waals surface area contributed by atoms with Crippen LogP contribution in [0.25, 0.3) is 0 Å². The number of anilines is 1. The van der Waals surface area contributed by atoms with Gasteiger partial charge in [-0.25, -0.2) is 0 Å². The van der Waals surface area contributed by atoms with E-state index in [1.807, 2.05) is 0 Å². The molecule has 2 rings (SSSR count). The Morgan fingerprint density at radius 1 is 1.29 bits per heavy atom. The van der Waals surface area contributed by atoms with Crippen LogP contribution in [0.5, 0.6) is 0 Å². The molecular weight excluding hydrogens is 262 g/mol. The molecule has 1 aliphatic rings. The third kappa shape index (κ3) is 3.07. The second kappa shape index (κ2) is 6.50. The Hall–Kier alpha value is -1.51. The van der Waals surface area contributed by atoms with Gasteiger partial charge < -0.3 is 10.0 Å². The molecule has 3 heteroatoms. The van der Waals surface area contributed by atoms with Crippen LogP contribution >= 0.6 is 0 Å². The largest absolute Gasteiger partial charge is 0.481 e. The first-order valence-electron chi connectivity index (χ1n) is 8.08. The van der Waals surface area contributed by atoms with Crippen LogP contribution in [-0.4, -0.2) is 23.7 Å². The van der Waals surface area contributed by atoms with Crippen molar-refractivity contribution in [2.24, 2.45) is 0 Å². The van der Waals surface area contributed by atoms with Crippen molar-refractivity contribution >= 4 is 11.7 Å². The van der Waals surface area contributed by atoms with Crippen LogP contribution in [-0.2, 0) is 10.2 Å². The zero-order valence-corrected chi connectivity index (χ0v) is 13.4. The van der Waals surface area contributed by atoms with Crippen LogP contribution in [0.4, 0.5) is 5.69 Å². The van der Waals surface area contributed by atoms with Gasteiger partial charge in [0.2, 0.25) is 0 Å². The standard InChI is InChI=1S/C18H27NO2/c1-4-19-14(2)18(3,13-9-5-6-12-17(20)21)15-10-7-8-11-16(15)19/h7-8,10-11,14H,4-6,9,12-13H2,1-3H3,(H,20,21). The van der Waals surface area contributed by atoms with E-state index in [4.69, 9.17) is 5.11 Å². The van der Waals surface area contributed by atoms with Crippen molar-refractivity contribution < 1.29 is 9.90 Å². The van der Waals surface area contributed by atoms with Gasteiger partial charge in [0.25, 0.3) is 0 Å². The molecule has 0 aliphatic carbocycles. The predicted octanol–water partition coefficient (Wildman–Crippen LogP) is 4.21. The summed E-state index contributed by atoms with van der Waals surface area (Å²) in [6, 6.07) is 9.24. The van der Waals surface area contributed by atoms with Gasteiger partial charge in [-0.3, -0.25) is 4.79 Å². The molecule has 1 heterocycles. The third-order valence-electron chi connectivity index (χ3n) is 5.15. The molecule has 0 saturated heterocycles. The number of hydrogen-bond acceptors (Lipinski definition) is 2. The number of para-hydroxylation sites is 1. The van der Waals surface area contributed by atoms with E-state index >= 15 is 0 Å². The number of hydrogen-bond donors (Lipinski definition) is 1. The number of aliphatic carboxylic acids is 1. The van der Waals surface area contributed by atoms with Gasteiger partial charge in [-0.05, 0) is 38.3 Å². The van der Waals surface area contributed by atoms with E-state index in [0.717, 1.165) is 32.2 Å². The molecule has 2 atom stereocenters. The Kier molecular flexibility index (Phi) is 4.92. The molecule has 0 radical (unpaired) electrons. The van der Waals surface area contributed by atoms with Crippen molar-refractivity contribution in [3.63, 3.8) is 0 Å². The van der Waals surface area contributed by atoms with Crippen LogP contribution in [0.1, 0.15) is 58.4 Å². The topological polar surface area (TPSA) is 40.5 Å². The molecule has 0 saturated carbocycles. The van der Waals surface area contributed by atoms with Gasteiger partial charge in [-0.1, -0.05) is 38.0 Å². The number of nitrogens with zero attached hydrogens (tertiary/aromatic N) is 1. The molecule has 3 nitrogen and oxygen atoms in total. The van der Waals surface area contributed by atoms with Crippen LogP contribution in [0.3, 0.4) is 0 Å². The monoisotopic (exact) mass is 289 g/mol. The zero-order chi connectivity index (χ0) is 15.5. The van der Waals surface area contributed by atoms with Gasteiger partial charge in [0.15, 0.2) is 0 Å². The highest BCUT2D eigenvalue weighted by Crippen LogP contribution is 2.47. The molecule has 116 valence electrons. The Labute approximate surface area is 128 Å². The number of likely N-dealkylation sites (N-methyl/N-ethyl adjacent to an activating group) is 1. The number of unbranched alkanes of at least 4 members (excludes halogenated alkanes) is 2. The fraction of sp³-hybridized carbons (Fsp3) is 0.611. The average molecular weight is 289 g/mol. The second-order valence-corrected chi connectivity index (χ2v) is 6.35. The molecule has 0 spiro atoms. The van der Waals surface area contributed by atoms with Gasteiger partial charge in [0.1, 0.15) is 0 Å². The van der Waals surface area contributed by atoms with E-state index in [1.165, 1.54) is 11.3 Å². The maximum absolute atomic E-state index is 10.6. The summed E-state index contributed by atoms with van der Waals surface area (Å²) < 4.78 is 0. The summed E-state index contributed by atoms with van der Waals surface area (Å²) in [5.74, 6) is -0.682. The molecule has 21 heavy (non-hydrogen) atoms. The lowest BCUT2D eigenvalue weighted by Gasteiger charge is -2.34. The zero-order valence-electron chi connectivity index (χ0n) is 13.4. The van der Waals surface area contributed by atoms with E-state index in [2.05, 4.69) is 49.9 Å². The summed E-state index contributed by atoms with van der Waals surface area (Å²) >= 11 is 0. The normalized spacial score (nSPS) is 24.1. The number of carboxylic acid groups (broad SMARTS) is 1. The van der Waals surface area contributed by atoms with Gasteiger partial charge in [0.05, 0.1) is 0 Å². The number of fused-ring (bicyclic) bond motifs is 1. The lowest BCUT2D eigenvalue weighted by Crippen LogP contribution is -2.40. The smallest absolute Gasteiger partial charge is 0.303 e. The highest BCUT2D eigenvalue weighted by molar-refractivity contribution is 5.66. The Balaban J connectivity index is 2.05. The van der Waals surface area contributed by atoms with Gasteiger partial charge in [-0.2, -0.15) is 0 Å². The maximum atomic E-state index is 10.6. The molecule has 0 fully saturated rings. The lowest BCUT2D eigenvalue weighted by atomic mass is 9.75. The summed E-state index contributed by atoms with van der Waals surface area (Å²) in [6.45, 7) is 7.93. The second-order valence-electron chi connectivity index (χ2n) is 6.35. The minimum atomic E-state index is -0.682. The summed E-state index contributed by atoms with van der Waals surface area (Å²) in [7, 11) is 0. The van der Waals surface area contributed by atoms with Gasteiger partial charge >= 0.3 is 5.97 Å². The first kappa shape index (κ1) is 15.9. The fourth-order valence-corrected chi connectivity index (χ4v) is 3.72. The van der Waals surface area contributed by atoms with E-state index in [-0.39, 0.29) is 5.41 Å². The van der Waals surface area contributed by atoms with Crippen LogP contribution in [0.2, 0.25) is 0 Å². The number of carboxylic acids is 1. The molecule has 2 unspecified atom stereocenters. The van der Waals surface area contributed by atoms with Crippen molar-refractivity contribution in [2.45, 2.75) is 64.3 Å². The van der Waals surface area contributed by atoms with E-state index in [0.29, 0.717) is 12.5 Å². The van der Waals surface area contributed by atoms with Crippen molar-refractivity contribution in [2.75, 3.05) is 11.4 Å². The molecule has 1 aromatic rings. The van der Waals surface area contributed by atoms with Crippen molar-refractivity contribution in [3.05, 3.63) is 29.8 Å². The van der Waals surface area contributed by atoms with Gasteiger partial charge in [0, 0.05) is 30.1 Å². The maximum Gasteiger partial charge on any atom is 0.303 e. The van der Waals surface area contributed by atoms with Crippen molar-refractivity contribution in [3.8, 4) is 0 Å². The quantitative estimate of drug-likeness (QED) is 0.764. The van der Waals surface area contributed by atoms with Gasteiger partial charge in [-0.15, -0.1) is 0 Å². The highest BCUT2D eigenvalue weighted by Gasteiger charge is 2.43. The molecule has 1 aromatic carbocycles. The van der Waals surface area contributed by atoms with E-state index < -0.39 is 5.97 Å². The molecule has 0 bridgehead atoms. The average Bonchev–Trinajstić information content (AvgIpc) is 2.67. The molecule has 1 aliphatic heterocycles. The molecule has 1 N–H and O–H groups in total. The van der Waals surface area contributed by atoms with Crippen LogP contribution in [0.15, 0.2) is 24.3 Å². The minimum Gasteiger partial charge on any atom is -0.481 e. The van der Waals surface area contributed by atoms with Crippen LogP contribution < -0.4 is 4.90 Å². The van der Waals surface area contributed by atoms with Crippen molar-refractivity contribution in [1.29, 1.82) is 0 Å². The number of rotatable bonds is 7. The summed E-state index contributed by atoms with van der Waals surface area (Å²) in [5.41, 5.74) is 3.01. The number of benzene rings is 1. The third-order valence-corrected chi connectivity index (χ3v) is 5.15. The summed E-state index contributed by atoms with van der Waals surface area (Å²) in [4.78, 5) is 13.1. The predicted molar refractivity (Wildman–Crippen MR) is 87.0 cm³/mol. The first-order valence-corrected chi connectivity index (χ1v) is 8.08. The lowest BCUT2D eigenvalue weighted by molar-refractivity contribution is -0.137. The number of carbonyl (C=O) groups is 1. The van der Waals surface area contributed by atoms with E-state index in [1.54, 1.807) is 0 Å². The minimum absolute atomic E-state index is 0.176. The van der Waals surface area contributed by atoms with Crippen molar-refractivity contribution in [1.82, 2.24) is 0 Å². The Bertz CT molecular complexity index is 500. The summed E-state index contributed by atoms with van der Waals surface area (Å²) in [6.07, 6.45) is 4.31. The SMILES string of the molecule is CCN1c2ccccc2C(C)(CCCCCC(=O)O)C1C. The fourth-order valence-electron chi connectivity index (χ4n) is 3.72. The summed E-state index contributed by atoms with van der Waals surface area (Å²) in [5, 5.41) is 8.71. The van der Waals surface area contributed by atoms with E-state index in [9.17, 15) is 4.79 Å². The molecular formula is C18H27NO2. The Morgan fingerprint density at radius 3 is 2.67 bits per heavy atom. The first-order chi connectivity index (χ1) is 10.0. The molecule has 0 aromatic heterocycles.